The Kier molecular flexibility index (Phi) is 4.34. The van der Waals surface area contributed by atoms with Gasteiger partial charge in [0.15, 0.2) is 0 Å². The van der Waals surface area contributed by atoms with Crippen LogP contribution in [0.4, 0.5) is 0 Å². The van der Waals surface area contributed by atoms with E-state index in [-0.39, 0.29) is 0 Å². The molecule has 0 radical (unpaired) electrons. The average Bonchev–Trinajstić information content (AvgIpc) is 2.16. The lowest BCUT2D eigenvalue weighted by molar-refractivity contribution is 0.222. The van der Waals surface area contributed by atoms with Crippen LogP contribution in [0, 0.1) is 0 Å². The van der Waals surface area contributed by atoms with E-state index in [0.29, 0.717) is 18.8 Å². The van der Waals surface area contributed by atoms with Gasteiger partial charge in [0.05, 0.1) is 5.75 Å². The van der Waals surface area contributed by atoms with Gasteiger partial charge in [-0.25, -0.2) is 8.42 Å². The van der Waals surface area contributed by atoms with Crippen molar-refractivity contribution in [1.82, 2.24) is 9.21 Å². The Balaban J connectivity index is 2.47. The zero-order valence-corrected chi connectivity index (χ0v) is 9.89. The van der Waals surface area contributed by atoms with E-state index in [1.54, 1.807) is 4.31 Å². The minimum atomic E-state index is -2.96. The highest BCUT2D eigenvalue weighted by Crippen LogP contribution is 2.08. The van der Waals surface area contributed by atoms with Crippen LogP contribution in [-0.4, -0.2) is 56.6 Å². The SMILES string of the molecule is CCCCS(=O)(=O)N1CCN(C)CC1. The topological polar surface area (TPSA) is 40.6 Å². The van der Waals surface area contributed by atoms with Crippen LogP contribution in [0.25, 0.3) is 0 Å². The molecule has 0 aromatic rings. The summed E-state index contributed by atoms with van der Waals surface area (Å²) in [6.07, 6.45) is 1.71. The quantitative estimate of drug-likeness (QED) is 0.687. The molecule has 0 aromatic heterocycles. The van der Waals surface area contributed by atoms with Crippen LogP contribution >= 0.6 is 0 Å². The van der Waals surface area contributed by atoms with Crippen LogP contribution in [0.2, 0.25) is 0 Å². The molecule has 0 bridgehead atoms. The van der Waals surface area contributed by atoms with Gasteiger partial charge in [-0.1, -0.05) is 13.3 Å². The molecular weight excluding hydrogens is 200 g/mol. The molecule has 1 rings (SSSR count). The molecule has 14 heavy (non-hydrogen) atoms. The van der Waals surface area contributed by atoms with Gasteiger partial charge in [-0.05, 0) is 13.5 Å². The van der Waals surface area contributed by atoms with Crippen LogP contribution in [0.5, 0.6) is 0 Å². The summed E-state index contributed by atoms with van der Waals surface area (Å²) in [6, 6.07) is 0. The van der Waals surface area contributed by atoms with Gasteiger partial charge in [-0.3, -0.25) is 0 Å². The van der Waals surface area contributed by atoms with Crippen molar-refractivity contribution in [3.63, 3.8) is 0 Å². The highest BCUT2D eigenvalue weighted by Gasteiger charge is 2.24. The van der Waals surface area contributed by atoms with E-state index in [0.717, 1.165) is 25.9 Å². The standard InChI is InChI=1S/C9H20N2O2S/c1-3-4-9-14(12,13)11-7-5-10(2)6-8-11/h3-9H2,1-2H3. The lowest BCUT2D eigenvalue weighted by Crippen LogP contribution is -2.47. The first-order valence-electron chi connectivity index (χ1n) is 5.22. The van der Waals surface area contributed by atoms with Gasteiger partial charge in [0.25, 0.3) is 0 Å². The Morgan fingerprint density at radius 1 is 1.14 bits per heavy atom. The van der Waals surface area contributed by atoms with E-state index < -0.39 is 10.0 Å². The first kappa shape index (κ1) is 11.9. The summed E-state index contributed by atoms with van der Waals surface area (Å²) in [5.41, 5.74) is 0. The minimum absolute atomic E-state index is 0.313. The van der Waals surface area contributed by atoms with Crippen molar-refractivity contribution in [1.29, 1.82) is 0 Å². The van der Waals surface area contributed by atoms with Crippen molar-refractivity contribution in [3.05, 3.63) is 0 Å². The van der Waals surface area contributed by atoms with Gasteiger partial charge in [0, 0.05) is 26.2 Å². The summed E-state index contributed by atoms with van der Waals surface area (Å²) in [4.78, 5) is 2.16. The Morgan fingerprint density at radius 2 is 1.71 bits per heavy atom. The predicted octanol–water partition coefficient (Wildman–Crippen LogP) is 0.364. The fourth-order valence-corrected chi connectivity index (χ4v) is 3.15. The number of unbranched alkanes of at least 4 members (excludes halogenated alkanes) is 1. The molecule has 1 aliphatic heterocycles. The maximum atomic E-state index is 11.8. The monoisotopic (exact) mass is 220 g/mol. The van der Waals surface area contributed by atoms with E-state index in [4.69, 9.17) is 0 Å². The summed E-state index contributed by atoms with van der Waals surface area (Å²) in [5, 5.41) is 0. The molecule has 0 amide bonds. The summed E-state index contributed by atoms with van der Waals surface area (Å²) in [6.45, 7) is 5.03. The van der Waals surface area contributed by atoms with Gasteiger partial charge in [0.2, 0.25) is 10.0 Å². The van der Waals surface area contributed by atoms with Gasteiger partial charge >= 0.3 is 0 Å². The van der Waals surface area contributed by atoms with Crippen molar-refractivity contribution in [2.75, 3.05) is 39.0 Å². The Labute approximate surface area is 86.9 Å². The summed E-state index contributed by atoms with van der Waals surface area (Å²) < 4.78 is 25.1. The van der Waals surface area contributed by atoms with Crippen LogP contribution in [-0.2, 0) is 10.0 Å². The van der Waals surface area contributed by atoms with Crippen molar-refractivity contribution in [2.45, 2.75) is 19.8 Å². The van der Waals surface area contributed by atoms with Gasteiger partial charge in [0.1, 0.15) is 0 Å². The lowest BCUT2D eigenvalue weighted by atomic mass is 10.4. The Morgan fingerprint density at radius 3 is 2.21 bits per heavy atom. The number of sulfonamides is 1. The predicted molar refractivity (Wildman–Crippen MR) is 57.8 cm³/mol. The largest absolute Gasteiger partial charge is 0.304 e. The third-order valence-corrected chi connectivity index (χ3v) is 4.57. The molecule has 0 aliphatic carbocycles. The maximum absolute atomic E-state index is 11.8. The molecule has 0 N–H and O–H groups in total. The first-order valence-corrected chi connectivity index (χ1v) is 6.83. The summed E-state index contributed by atoms with van der Waals surface area (Å²) in [7, 11) is -0.938. The van der Waals surface area contributed by atoms with Gasteiger partial charge in [-0.2, -0.15) is 4.31 Å². The Hall–Kier alpha value is -0.130. The van der Waals surface area contributed by atoms with Crippen molar-refractivity contribution in [2.24, 2.45) is 0 Å². The molecule has 0 aromatic carbocycles. The highest BCUT2D eigenvalue weighted by molar-refractivity contribution is 7.89. The molecule has 1 aliphatic rings. The molecule has 1 heterocycles. The van der Waals surface area contributed by atoms with E-state index >= 15 is 0 Å². The molecule has 4 nitrogen and oxygen atoms in total. The molecule has 0 spiro atoms. The van der Waals surface area contributed by atoms with Crippen molar-refractivity contribution >= 4 is 10.0 Å². The second-order valence-corrected chi connectivity index (χ2v) is 5.96. The second kappa shape index (κ2) is 5.09. The smallest absolute Gasteiger partial charge is 0.214 e. The average molecular weight is 220 g/mol. The van der Waals surface area contributed by atoms with E-state index in [9.17, 15) is 8.42 Å². The molecule has 0 saturated carbocycles. The third kappa shape index (κ3) is 3.22. The molecule has 1 saturated heterocycles. The Bertz CT molecular complexity index is 256. The molecular formula is C9H20N2O2S. The number of nitrogens with zero attached hydrogens (tertiary/aromatic N) is 2. The lowest BCUT2D eigenvalue weighted by Gasteiger charge is -2.31. The molecule has 5 heteroatoms. The minimum Gasteiger partial charge on any atom is -0.304 e. The van der Waals surface area contributed by atoms with E-state index in [1.165, 1.54) is 0 Å². The fraction of sp³-hybridized carbons (Fsp3) is 1.00. The highest BCUT2D eigenvalue weighted by atomic mass is 32.2. The first-order chi connectivity index (χ1) is 6.56. The molecule has 84 valence electrons. The van der Waals surface area contributed by atoms with Crippen molar-refractivity contribution in [3.8, 4) is 0 Å². The van der Waals surface area contributed by atoms with E-state index in [2.05, 4.69) is 4.90 Å². The van der Waals surface area contributed by atoms with Crippen molar-refractivity contribution < 1.29 is 8.42 Å². The number of rotatable bonds is 4. The molecule has 0 atom stereocenters. The van der Waals surface area contributed by atoms with E-state index in [1.807, 2.05) is 14.0 Å². The number of likely N-dealkylation sites (N-methyl/N-ethyl adjacent to an activating group) is 1. The normalized spacial score (nSPS) is 21.3. The third-order valence-electron chi connectivity index (χ3n) is 2.61. The number of piperazine rings is 1. The van der Waals surface area contributed by atoms with Crippen LogP contribution in [0.3, 0.4) is 0 Å². The number of hydrogen-bond acceptors (Lipinski definition) is 3. The van der Waals surface area contributed by atoms with Crippen LogP contribution in [0.15, 0.2) is 0 Å². The van der Waals surface area contributed by atoms with Gasteiger partial charge in [-0.15, -0.1) is 0 Å². The summed E-state index contributed by atoms with van der Waals surface area (Å²) in [5.74, 6) is 0.313. The zero-order valence-electron chi connectivity index (χ0n) is 9.07. The zero-order chi connectivity index (χ0) is 10.6. The second-order valence-electron chi connectivity index (χ2n) is 3.87. The summed E-state index contributed by atoms with van der Waals surface area (Å²) >= 11 is 0. The maximum Gasteiger partial charge on any atom is 0.214 e. The van der Waals surface area contributed by atoms with Gasteiger partial charge < -0.3 is 4.90 Å². The number of hydrogen-bond donors (Lipinski definition) is 0. The fourth-order valence-electron chi connectivity index (χ4n) is 1.52. The molecule has 0 unspecified atom stereocenters. The molecule has 1 fully saturated rings. The van der Waals surface area contributed by atoms with Crippen LogP contribution < -0.4 is 0 Å². The van der Waals surface area contributed by atoms with Crippen LogP contribution in [0.1, 0.15) is 19.8 Å².